The molecule has 10 nitrogen and oxygen atoms in total. The largest absolute Gasteiger partial charge is 0.452 e. The van der Waals surface area contributed by atoms with Crippen LogP contribution in [0.4, 0.5) is 5.69 Å². The number of nitrogens with zero attached hydrogens (tertiary/aromatic N) is 3. The first-order valence-electron chi connectivity index (χ1n) is 7.89. The first-order valence-corrected chi connectivity index (χ1v) is 10.2. The van der Waals surface area contributed by atoms with Crippen LogP contribution in [0, 0.1) is 10.1 Å². The van der Waals surface area contributed by atoms with E-state index in [4.69, 9.17) is 20.8 Å². The molecular weight excluding hydrogens is 426 g/mol. The van der Waals surface area contributed by atoms with E-state index in [-0.39, 0.29) is 39.6 Å². The summed E-state index contributed by atoms with van der Waals surface area (Å²) < 4.78 is 33.8. The van der Waals surface area contributed by atoms with Crippen LogP contribution < -0.4 is 0 Å². The van der Waals surface area contributed by atoms with Gasteiger partial charge in [0.2, 0.25) is 5.89 Å². The van der Waals surface area contributed by atoms with E-state index in [1.54, 1.807) is 0 Å². The van der Waals surface area contributed by atoms with Crippen molar-refractivity contribution in [3.63, 3.8) is 0 Å². The molecule has 0 aliphatic carbocycles. The second kappa shape index (κ2) is 7.97. The number of sulfone groups is 1. The molecule has 29 heavy (non-hydrogen) atoms. The Morgan fingerprint density at radius 1 is 1.21 bits per heavy atom. The molecule has 0 radical (unpaired) electrons. The number of benzene rings is 2. The second-order valence-electron chi connectivity index (χ2n) is 5.80. The molecule has 0 N–H and O–H groups in total. The van der Waals surface area contributed by atoms with E-state index in [1.807, 2.05) is 0 Å². The third kappa shape index (κ3) is 4.76. The van der Waals surface area contributed by atoms with E-state index >= 15 is 0 Å². The van der Waals surface area contributed by atoms with Crippen LogP contribution in [0.15, 0.2) is 51.8 Å². The molecule has 2 aromatic carbocycles. The predicted octanol–water partition coefficient (Wildman–Crippen LogP) is 3.06. The maximum atomic E-state index is 12.2. The van der Waals surface area contributed by atoms with E-state index in [0.717, 1.165) is 12.3 Å². The molecule has 0 bridgehead atoms. The van der Waals surface area contributed by atoms with Gasteiger partial charge >= 0.3 is 5.97 Å². The highest BCUT2D eigenvalue weighted by Gasteiger charge is 2.18. The molecule has 3 rings (SSSR count). The van der Waals surface area contributed by atoms with Crippen molar-refractivity contribution in [1.82, 2.24) is 10.2 Å². The van der Waals surface area contributed by atoms with Crippen molar-refractivity contribution in [1.29, 1.82) is 0 Å². The molecule has 0 atom stereocenters. The average molecular weight is 438 g/mol. The lowest BCUT2D eigenvalue weighted by Gasteiger charge is -2.06. The van der Waals surface area contributed by atoms with Gasteiger partial charge in [-0.2, -0.15) is 0 Å². The van der Waals surface area contributed by atoms with Crippen LogP contribution in [0.5, 0.6) is 0 Å². The number of carbonyl (C=O) groups is 1. The standard InChI is InChI=1S/C17H12ClN3O7S/c1-29(25,26)14-8-11(4-7-13(14)18)17(22)27-9-15-19-20-16(28-15)10-2-5-12(6-3-10)21(23)24/h2-8H,9H2,1H3. The molecule has 1 aromatic heterocycles. The first-order chi connectivity index (χ1) is 13.6. The zero-order valence-electron chi connectivity index (χ0n) is 14.7. The van der Waals surface area contributed by atoms with Gasteiger partial charge in [-0.15, -0.1) is 10.2 Å². The monoisotopic (exact) mass is 437 g/mol. The van der Waals surface area contributed by atoms with Crippen molar-refractivity contribution in [3.8, 4) is 11.5 Å². The number of rotatable bonds is 6. The van der Waals surface area contributed by atoms with Crippen LogP contribution in [0.3, 0.4) is 0 Å². The van der Waals surface area contributed by atoms with Gasteiger partial charge < -0.3 is 9.15 Å². The molecule has 150 valence electrons. The van der Waals surface area contributed by atoms with Crippen LogP contribution in [-0.2, 0) is 21.2 Å². The Bertz CT molecular complexity index is 1190. The maximum absolute atomic E-state index is 12.2. The summed E-state index contributed by atoms with van der Waals surface area (Å²) in [5.41, 5.74) is 0.361. The lowest BCUT2D eigenvalue weighted by molar-refractivity contribution is -0.384. The lowest BCUT2D eigenvalue weighted by Crippen LogP contribution is -2.07. The minimum absolute atomic E-state index is 0.00584. The van der Waals surface area contributed by atoms with E-state index in [1.165, 1.54) is 36.4 Å². The number of esters is 1. The third-order valence-electron chi connectivity index (χ3n) is 3.69. The van der Waals surface area contributed by atoms with Crippen molar-refractivity contribution in [2.24, 2.45) is 0 Å². The van der Waals surface area contributed by atoms with Crippen molar-refractivity contribution < 1.29 is 27.3 Å². The fourth-order valence-corrected chi connectivity index (χ4v) is 3.58. The van der Waals surface area contributed by atoms with Crippen LogP contribution in [0.25, 0.3) is 11.5 Å². The Hall–Kier alpha value is -3.31. The molecule has 0 saturated carbocycles. The number of aromatic nitrogens is 2. The minimum Gasteiger partial charge on any atom is -0.452 e. The first kappa shape index (κ1) is 20.4. The summed E-state index contributed by atoms with van der Waals surface area (Å²) in [4.78, 5) is 22.1. The molecular formula is C17H12ClN3O7S. The van der Waals surface area contributed by atoms with Crippen molar-refractivity contribution in [3.05, 3.63) is 69.1 Å². The summed E-state index contributed by atoms with van der Waals surface area (Å²) in [6, 6.07) is 9.21. The van der Waals surface area contributed by atoms with Crippen molar-refractivity contribution in [2.45, 2.75) is 11.5 Å². The van der Waals surface area contributed by atoms with Gasteiger partial charge in [-0.3, -0.25) is 10.1 Å². The minimum atomic E-state index is -3.62. The Morgan fingerprint density at radius 3 is 2.52 bits per heavy atom. The average Bonchev–Trinajstić information content (AvgIpc) is 3.14. The van der Waals surface area contributed by atoms with E-state index < -0.39 is 20.7 Å². The number of nitro benzene ring substituents is 1. The highest BCUT2D eigenvalue weighted by atomic mass is 35.5. The quantitative estimate of drug-likeness (QED) is 0.323. The zero-order valence-corrected chi connectivity index (χ0v) is 16.3. The molecule has 0 aliphatic rings. The summed E-state index contributed by atoms with van der Waals surface area (Å²) in [5.74, 6) is -0.720. The Labute approximate surface area is 169 Å². The van der Waals surface area contributed by atoms with Gasteiger partial charge in [-0.1, -0.05) is 11.6 Å². The molecule has 0 aliphatic heterocycles. The van der Waals surface area contributed by atoms with Gasteiger partial charge in [-0.25, -0.2) is 13.2 Å². The number of halogens is 1. The van der Waals surface area contributed by atoms with Gasteiger partial charge in [0, 0.05) is 24.0 Å². The smallest absolute Gasteiger partial charge is 0.338 e. The maximum Gasteiger partial charge on any atom is 0.338 e. The summed E-state index contributed by atoms with van der Waals surface area (Å²) in [6.07, 6.45) is 0.974. The molecule has 0 spiro atoms. The fourth-order valence-electron chi connectivity index (χ4n) is 2.28. The fraction of sp³-hybridized carbons (Fsp3) is 0.118. The SMILES string of the molecule is CS(=O)(=O)c1cc(C(=O)OCc2nnc(-c3ccc([N+](=O)[O-])cc3)o2)ccc1Cl. The van der Waals surface area contributed by atoms with Gasteiger partial charge in [0.25, 0.3) is 11.6 Å². The number of hydrogen-bond donors (Lipinski definition) is 0. The molecule has 0 saturated heterocycles. The van der Waals surface area contributed by atoms with Crippen molar-refractivity contribution >= 4 is 33.1 Å². The zero-order chi connectivity index (χ0) is 21.2. The molecule has 0 amide bonds. The number of non-ortho nitro benzene ring substituents is 1. The van der Waals surface area contributed by atoms with Crippen molar-refractivity contribution in [2.75, 3.05) is 6.26 Å². The topological polar surface area (TPSA) is 142 Å². The summed E-state index contributed by atoms with van der Waals surface area (Å²) in [6.45, 7) is -0.352. The van der Waals surface area contributed by atoms with Crippen LogP contribution in [-0.4, -0.2) is 35.8 Å². The summed E-state index contributed by atoms with van der Waals surface area (Å²) in [7, 11) is -3.62. The number of nitro groups is 1. The van der Waals surface area contributed by atoms with Gasteiger partial charge in [-0.05, 0) is 30.3 Å². The van der Waals surface area contributed by atoms with Crippen LogP contribution in [0.1, 0.15) is 16.2 Å². The van der Waals surface area contributed by atoms with Crippen LogP contribution >= 0.6 is 11.6 Å². The normalized spacial score (nSPS) is 11.2. The number of carbonyl (C=O) groups excluding carboxylic acids is 1. The molecule has 12 heteroatoms. The molecule has 3 aromatic rings. The number of hydrogen-bond acceptors (Lipinski definition) is 9. The second-order valence-corrected chi connectivity index (χ2v) is 8.19. The summed E-state index contributed by atoms with van der Waals surface area (Å²) in [5, 5.41) is 18.2. The lowest BCUT2D eigenvalue weighted by atomic mass is 10.2. The van der Waals surface area contributed by atoms with Gasteiger partial charge in [0.15, 0.2) is 16.4 Å². The highest BCUT2D eigenvalue weighted by molar-refractivity contribution is 7.90. The molecule has 0 unspecified atom stereocenters. The molecule has 1 heterocycles. The highest BCUT2D eigenvalue weighted by Crippen LogP contribution is 2.24. The molecule has 0 fully saturated rings. The number of ether oxygens (including phenoxy) is 1. The Balaban J connectivity index is 1.70. The predicted molar refractivity (Wildman–Crippen MR) is 100 cm³/mol. The van der Waals surface area contributed by atoms with E-state index in [9.17, 15) is 23.3 Å². The Morgan fingerprint density at radius 2 is 1.90 bits per heavy atom. The van der Waals surface area contributed by atoms with E-state index in [2.05, 4.69) is 10.2 Å². The Kier molecular flexibility index (Phi) is 5.62. The van der Waals surface area contributed by atoms with Crippen LogP contribution in [0.2, 0.25) is 5.02 Å². The van der Waals surface area contributed by atoms with E-state index in [0.29, 0.717) is 5.56 Å². The third-order valence-corrected chi connectivity index (χ3v) is 5.26. The van der Waals surface area contributed by atoms with Gasteiger partial charge in [0.1, 0.15) is 0 Å². The summed E-state index contributed by atoms with van der Waals surface area (Å²) >= 11 is 5.84. The van der Waals surface area contributed by atoms with Gasteiger partial charge in [0.05, 0.1) is 20.4 Å².